The van der Waals surface area contributed by atoms with Gasteiger partial charge in [-0.2, -0.15) is 8.42 Å². The van der Waals surface area contributed by atoms with E-state index in [1.807, 2.05) is 0 Å². The van der Waals surface area contributed by atoms with Gasteiger partial charge in [0, 0.05) is 5.69 Å². The lowest BCUT2D eigenvalue weighted by Gasteiger charge is -2.07. The molecule has 1 aromatic heterocycles. The number of benzene rings is 1. The summed E-state index contributed by atoms with van der Waals surface area (Å²) >= 11 is 0. The molecule has 8 heteroatoms. The summed E-state index contributed by atoms with van der Waals surface area (Å²) in [5.74, 6) is 0.524. The van der Waals surface area contributed by atoms with Crippen LogP contribution < -0.4 is 4.72 Å². The van der Waals surface area contributed by atoms with E-state index in [0.29, 0.717) is 22.8 Å². The molecule has 0 saturated heterocycles. The highest BCUT2D eigenvalue weighted by atomic mass is 32.2. The zero-order chi connectivity index (χ0) is 14.8. The molecule has 1 aromatic carbocycles. The molecule has 0 aliphatic rings. The van der Waals surface area contributed by atoms with E-state index in [4.69, 9.17) is 5.21 Å². The molecule has 3 N–H and O–H groups in total. The molecule has 7 nitrogen and oxygen atoms in total. The number of aromatic amines is 1. The number of aryl methyl sites for hydroxylation is 1. The van der Waals surface area contributed by atoms with Crippen molar-refractivity contribution in [1.82, 2.24) is 9.97 Å². The molecule has 0 bridgehead atoms. The van der Waals surface area contributed by atoms with Gasteiger partial charge in [-0.3, -0.25) is 4.72 Å². The lowest BCUT2D eigenvalue weighted by Crippen LogP contribution is -2.13. The SMILES string of the molecule is CC(=NO)c1ccc(NS(=O)(=O)c2cnc(C)[nH]2)cc1. The molecular weight excluding hydrogens is 280 g/mol. The van der Waals surface area contributed by atoms with Crippen molar-refractivity contribution in [1.29, 1.82) is 0 Å². The zero-order valence-electron chi connectivity index (χ0n) is 11.0. The standard InChI is InChI=1S/C12H14N4O3S/c1-8(15-17)10-3-5-11(6-4-10)16-20(18,19)12-7-13-9(2)14-12/h3-7,16-17H,1-2H3,(H,13,14). The van der Waals surface area contributed by atoms with E-state index in [9.17, 15) is 8.42 Å². The van der Waals surface area contributed by atoms with Crippen LogP contribution in [0, 0.1) is 6.92 Å². The Morgan fingerprint density at radius 1 is 1.35 bits per heavy atom. The van der Waals surface area contributed by atoms with Gasteiger partial charge in [0.25, 0.3) is 10.0 Å². The topological polar surface area (TPSA) is 107 Å². The first-order valence-corrected chi connectivity index (χ1v) is 7.24. The van der Waals surface area contributed by atoms with Crippen molar-refractivity contribution < 1.29 is 13.6 Å². The average molecular weight is 294 g/mol. The average Bonchev–Trinajstić information content (AvgIpc) is 2.86. The third-order valence-electron chi connectivity index (χ3n) is 2.67. The molecule has 0 aliphatic carbocycles. The van der Waals surface area contributed by atoms with Crippen molar-refractivity contribution in [3.63, 3.8) is 0 Å². The van der Waals surface area contributed by atoms with Gasteiger partial charge < -0.3 is 10.2 Å². The second-order valence-corrected chi connectivity index (χ2v) is 5.85. The number of nitrogens with zero attached hydrogens (tertiary/aromatic N) is 2. The van der Waals surface area contributed by atoms with Crippen LogP contribution in [0.25, 0.3) is 0 Å². The highest BCUT2D eigenvalue weighted by molar-refractivity contribution is 7.92. The lowest BCUT2D eigenvalue weighted by molar-refractivity contribution is 0.319. The Morgan fingerprint density at radius 3 is 2.50 bits per heavy atom. The number of nitrogens with one attached hydrogen (secondary N) is 2. The van der Waals surface area contributed by atoms with Crippen LogP contribution in [0.15, 0.2) is 40.6 Å². The number of hydrogen-bond donors (Lipinski definition) is 3. The molecule has 0 unspecified atom stereocenters. The fourth-order valence-electron chi connectivity index (χ4n) is 1.58. The predicted molar refractivity (Wildman–Crippen MR) is 74.6 cm³/mol. The van der Waals surface area contributed by atoms with E-state index in [2.05, 4.69) is 19.8 Å². The maximum atomic E-state index is 12.0. The van der Waals surface area contributed by atoms with Crippen LogP contribution in [-0.4, -0.2) is 29.3 Å². The van der Waals surface area contributed by atoms with E-state index >= 15 is 0 Å². The summed E-state index contributed by atoms with van der Waals surface area (Å²) in [6.07, 6.45) is 1.26. The maximum Gasteiger partial charge on any atom is 0.278 e. The molecule has 0 amide bonds. The highest BCUT2D eigenvalue weighted by Crippen LogP contribution is 2.15. The van der Waals surface area contributed by atoms with Gasteiger partial charge in [-0.15, -0.1) is 0 Å². The number of sulfonamides is 1. The van der Waals surface area contributed by atoms with Gasteiger partial charge in [-0.05, 0) is 31.5 Å². The summed E-state index contributed by atoms with van der Waals surface area (Å²) in [5, 5.41) is 11.7. The zero-order valence-corrected chi connectivity index (χ0v) is 11.8. The predicted octanol–water partition coefficient (Wildman–Crippen LogP) is 1.72. The summed E-state index contributed by atoms with van der Waals surface area (Å²) in [5.41, 5.74) is 1.56. The van der Waals surface area contributed by atoms with Gasteiger partial charge in [0.1, 0.15) is 5.82 Å². The van der Waals surface area contributed by atoms with E-state index in [1.54, 1.807) is 38.1 Å². The first-order chi connectivity index (χ1) is 9.42. The Bertz CT molecular complexity index is 732. The van der Waals surface area contributed by atoms with Crippen molar-refractivity contribution in [2.75, 3.05) is 4.72 Å². The smallest absolute Gasteiger partial charge is 0.278 e. The van der Waals surface area contributed by atoms with Crippen LogP contribution in [0.3, 0.4) is 0 Å². The van der Waals surface area contributed by atoms with Crippen molar-refractivity contribution in [2.24, 2.45) is 5.16 Å². The molecule has 20 heavy (non-hydrogen) atoms. The van der Waals surface area contributed by atoms with Gasteiger partial charge >= 0.3 is 0 Å². The molecule has 0 fully saturated rings. The van der Waals surface area contributed by atoms with E-state index in [-0.39, 0.29) is 5.03 Å². The molecule has 0 aliphatic heterocycles. The maximum absolute atomic E-state index is 12.0. The largest absolute Gasteiger partial charge is 0.411 e. The first-order valence-electron chi connectivity index (χ1n) is 5.76. The van der Waals surface area contributed by atoms with E-state index < -0.39 is 10.0 Å². The minimum absolute atomic E-state index is 0.00665. The van der Waals surface area contributed by atoms with Gasteiger partial charge in [0.2, 0.25) is 0 Å². The number of anilines is 1. The molecule has 0 atom stereocenters. The minimum Gasteiger partial charge on any atom is -0.411 e. The van der Waals surface area contributed by atoms with E-state index in [0.717, 1.165) is 0 Å². The highest BCUT2D eigenvalue weighted by Gasteiger charge is 2.16. The molecule has 0 radical (unpaired) electrons. The van der Waals surface area contributed by atoms with Crippen LogP contribution in [0.2, 0.25) is 0 Å². The number of hydrogen-bond acceptors (Lipinski definition) is 5. The monoisotopic (exact) mass is 294 g/mol. The number of oxime groups is 1. The van der Waals surface area contributed by atoms with Crippen LogP contribution in [0.4, 0.5) is 5.69 Å². The van der Waals surface area contributed by atoms with Gasteiger partial charge in [-0.1, -0.05) is 17.3 Å². The minimum atomic E-state index is -3.68. The summed E-state index contributed by atoms with van der Waals surface area (Å²) in [7, 11) is -3.68. The number of imidazole rings is 1. The fraction of sp³-hybridized carbons (Fsp3) is 0.167. The Balaban J connectivity index is 2.22. The van der Waals surface area contributed by atoms with Crippen molar-refractivity contribution in [3.05, 3.63) is 41.9 Å². The molecule has 1 heterocycles. The second-order valence-electron chi connectivity index (χ2n) is 4.20. The van der Waals surface area contributed by atoms with Crippen LogP contribution in [0.1, 0.15) is 18.3 Å². The molecule has 2 rings (SSSR count). The van der Waals surface area contributed by atoms with E-state index in [1.165, 1.54) is 6.20 Å². The first kappa shape index (κ1) is 14.1. The van der Waals surface area contributed by atoms with Crippen molar-refractivity contribution in [2.45, 2.75) is 18.9 Å². The Hall–Kier alpha value is -2.35. The molecule has 106 valence electrons. The van der Waals surface area contributed by atoms with Gasteiger partial charge in [0.05, 0.1) is 11.9 Å². The second kappa shape index (κ2) is 5.33. The number of rotatable bonds is 4. The van der Waals surface area contributed by atoms with Crippen LogP contribution in [0.5, 0.6) is 0 Å². The summed E-state index contributed by atoms with van der Waals surface area (Å²) in [4.78, 5) is 6.52. The summed E-state index contributed by atoms with van der Waals surface area (Å²) in [6, 6.07) is 6.49. The van der Waals surface area contributed by atoms with Gasteiger partial charge in [-0.25, -0.2) is 4.98 Å². The molecule has 0 saturated carbocycles. The Morgan fingerprint density at radius 2 is 2.00 bits per heavy atom. The van der Waals surface area contributed by atoms with Gasteiger partial charge in [0.15, 0.2) is 5.03 Å². The third kappa shape index (κ3) is 2.97. The molecule has 0 spiro atoms. The Labute approximate surface area is 116 Å². The lowest BCUT2D eigenvalue weighted by atomic mass is 10.1. The quantitative estimate of drug-likeness (QED) is 0.453. The fourth-order valence-corrected chi connectivity index (χ4v) is 2.61. The molecular formula is C12H14N4O3S. The number of H-pyrrole nitrogens is 1. The summed E-state index contributed by atoms with van der Waals surface area (Å²) < 4.78 is 26.5. The normalized spacial score (nSPS) is 12.4. The van der Waals surface area contributed by atoms with Crippen molar-refractivity contribution in [3.8, 4) is 0 Å². The van der Waals surface area contributed by atoms with Crippen LogP contribution >= 0.6 is 0 Å². The van der Waals surface area contributed by atoms with Crippen LogP contribution in [-0.2, 0) is 10.0 Å². The van der Waals surface area contributed by atoms with Crippen molar-refractivity contribution >= 4 is 21.4 Å². The third-order valence-corrected chi connectivity index (χ3v) is 3.96. The Kier molecular flexibility index (Phi) is 3.75. The summed E-state index contributed by atoms with van der Waals surface area (Å²) in [6.45, 7) is 3.32. The number of aromatic nitrogens is 2. The molecule has 2 aromatic rings.